The van der Waals surface area contributed by atoms with Crippen molar-refractivity contribution < 1.29 is 27.1 Å². The Morgan fingerprint density at radius 3 is 2.24 bits per heavy atom. The Hall–Kier alpha value is -2.28. The Kier molecular flexibility index (Phi) is 4.04. The first-order valence-electron chi connectivity index (χ1n) is 5.80. The summed E-state index contributed by atoms with van der Waals surface area (Å²) in [6.45, 7) is 0. The van der Waals surface area contributed by atoms with Crippen LogP contribution < -0.4 is 0 Å². The SMILES string of the molecule is O=C(O)C(c1ccccc1)S(=O)(=O)c1cc(F)ccc1F. The number of carboxylic acid groups (broad SMARTS) is 1. The molecule has 0 amide bonds. The second-order valence-corrected chi connectivity index (χ2v) is 6.25. The number of hydrogen-bond acceptors (Lipinski definition) is 3. The molecule has 0 saturated heterocycles. The molecule has 0 heterocycles. The summed E-state index contributed by atoms with van der Waals surface area (Å²) < 4.78 is 51.6. The molecule has 4 nitrogen and oxygen atoms in total. The van der Waals surface area contributed by atoms with Crippen LogP contribution in [-0.4, -0.2) is 19.5 Å². The van der Waals surface area contributed by atoms with E-state index in [9.17, 15) is 27.1 Å². The Bertz CT molecular complexity index is 773. The standard InChI is InChI=1S/C14H10F2O4S/c15-10-6-7-11(16)12(8-10)21(19,20)13(14(17)18)9-4-2-1-3-5-9/h1-8,13H,(H,17,18). The second kappa shape index (κ2) is 5.61. The molecule has 2 aromatic carbocycles. The van der Waals surface area contributed by atoms with E-state index >= 15 is 0 Å². The van der Waals surface area contributed by atoms with Crippen molar-refractivity contribution in [3.05, 3.63) is 65.7 Å². The lowest BCUT2D eigenvalue weighted by molar-refractivity contribution is -0.136. The van der Waals surface area contributed by atoms with E-state index in [0.29, 0.717) is 12.1 Å². The van der Waals surface area contributed by atoms with Crippen molar-refractivity contribution in [1.82, 2.24) is 0 Å². The highest BCUT2D eigenvalue weighted by Crippen LogP contribution is 2.31. The van der Waals surface area contributed by atoms with Crippen LogP contribution in [0.3, 0.4) is 0 Å². The zero-order chi connectivity index (χ0) is 15.6. The number of benzene rings is 2. The molecule has 1 unspecified atom stereocenters. The number of aliphatic carboxylic acids is 1. The highest BCUT2D eigenvalue weighted by molar-refractivity contribution is 7.92. The first kappa shape index (κ1) is 15.1. The van der Waals surface area contributed by atoms with Gasteiger partial charge in [0.15, 0.2) is 15.1 Å². The lowest BCUT2D eigenvalue weighted by Crippen LogP contribution is -2.23. The molecule has 0 aliphatic heterocycles. The number of rotatable bonds is 4. The summed E-state index contributed by atoms with van der Waals surface area (Å²) in [6.07, 6.45) is 0. The monoisotopic (exact) mass is 312 g/mol. The summed E-state index contributed by atoms with van der Waals surface area (Å²) in [5.41, 5.74) is -0.0336. The third kappa shape index (κ3) is 2.92. The molecule has 0 radical (unpaired) electrons. The van der Waals surface area contributed by atoms with Crippen molar-refractivity contribution in [2.75, 3.05) is 0 Å². The van der Waals surface area contributed by atoms with Crippen molar-refractivity contribution in [3.63, 3.8) is 0 Å². The molecule has 2 rings (SSSR count). The predicted molar refractivity (Wildman–Crippen MR) is 70.4 cm³/mol. The molecule has 2 aromatic rings. The van der Waals surface area contributed by atoms with E-state index in [1.54, 1.807) is 6.07 Å². The summed E-state index contributed by atoms with van der Waals surface area (Å²) >= 11 is 0. The number of hydrogen-bond donors (Lipinski definition) is 1. The van der Waals surface area contributed by atoms with Gasteiger partial charge in [0.25, 0.3) is 0 Å². The Labute approximate surface area is 119 Å². The maximum atomic E-state index is 13.7. The van der Waals surface area contributed by atoms with Gasteiger partial charge in [0.1, 0.15) is 16.5 Å². The number of halogens is 2. The first-order valence-corrected chi connectivity index (χ1v) is 7.35. The van der Waals surface area contributed by atoms with Gasteiger partial charge in [-0.1, -0.05) is 30.3 Å². The predicted octanol–water partition coefficient (Wildman–Crippen LogP) is 2.56. The quantitative estimate of drug-likeness (QED) is 0.942. The minimum Gasteiger partial charge on any atom is -0.480 e. The van der Waals surface area contributed by atoms with Crippen molar-refractivity contribution in [2.24, 2.45) is 0 Å². The summed E-state index contributed by atoms with van der Waals surface area (Å²) in [6, 6.07) is 8.98. The Morgan fingerprint density at radius 2 is 1.67 bits per heavy atom. The molecule has 7 heteroatoms. The van der Waals surface area contributed by atoms with Gasteiger partial charge >= 0.3 is 5.97 Å². The zero-order valence-electron chi connectivity index (χ0n) is 10.5. The van der Waals surface area contributed by atoms with Crippen LogP contribution in [0.25, 0.3) is 0 Å². The number of carboxylic acids is 1. The third-order valence-electron chi connectivity index (χ3n) is 2.84. The highest BCUT2D eigenvalue weighted by atomic mass is 32.2. The van der Waals surface area contributed by atoms with Gasteiger partial charge in [-0.3, -0.25) is 4.79 Å². The molecule has 21 heavy (non-hydrogen) atoms. The average molecular weight is 312 g/mol. The van der Waals surface area contributed by atoms with Crippen LogP contribution in [0.5, 0.6) is 0 Å². The van der Waals surface area contributed by atoms with Crippen LogP contribution in [-0.2, 0) is 14.6 Å². The van der Waals surface area contributed by atoms with Crippen LogP contribution in [0.2, 0.25) is 0 Å². The van der Waals surface area contributed by atoms with E-state index in [4.69, 9.17) is 0 Å². The summed E-state index contributed by atoms with van der Waals surface area (Å²) in [7, 11) is -4.62. The van der Waals surface area contributed by atoms with E-state index in [2.05, 4.69) is 0 Å². The minimum atomic E-state index is -4.62. The van der Waals surface area contributed by atoms with Crippen molar-refractivity contribution in [3.8, 4) is 0 Å². The molecule has 0 aliphatic rings. The largest absolute Gasteiger partial charge is 0.480 e. The molecule has 0 fully saturated rings. The lowest BCUT2D eigenvalue weighted by Gasteiger charge is -2.14. The molecule has 0 bridgehead atoms. The molecular weight excluding hydrogens is 302 g/mol. The van der Waals surface area contributed by atoms with Crippen LogP contribution in [0.4, 0.5) is 8.78 Å². The van der Waals surface area contributed by atoms with Gasteiger partial charge in [0.05, 0.1) is 0 Å². The molecular formula is C14H10F2O4S. The maximum Gasteiger partial charge on any atom is 0.326 e. The van der Waals surface area contributed by atoms with Crippen molar-refractivity contribution >= 4 is 15.8 Å². The van der Waals surface area contributed by atoms with E-state index in [1.165, 1.54) is 24.3 Å². The second-order valence-electron chi connectivity index (χ2n) is 4.25. The number of carbonyl (C=O) groups is 1. The molecule has 0 spiro atoms. The summed E-state index contributed by atoms with van der Waals surface area (Å²) in [5.74, 6) is -3.82. The third-order valence-corrected chi connectivity index (χ3v) is 4.86. The van der Waals surface area contributed by atoms with Crippen LogP contribution in [0, 0.1) is 11.6 Å². The fourth-order valence-corrected chi connectivity index (χ4v) is 3.56. The lowest BCUT2D eigenvalue weighted by atomic mass is 10.1. The zero-order valence-corrected chi connectivity index (χ0v) is 11.3. The molecule has 0 aliphatic carbocycles. The highest BCUT2D eigenvalue weighted by Gasteiger charge is 2.37. The van der Waals surface area contributed by atoms with Crippen LogP contribution in [0.15, 0.2) is 53.4 Å². The van der Waals surface area contributed by atoms with E-state index in [-0.39, 0.29) is 5.56 Å². The minimum absolute atomic E-state index is 0.0336. The van der Waals surface area contributed by atoms with E-state index in [0.717, 1.165) is 6.07 Å². The van der Waals surface area contributed by atoms with Gasteiger partial charge in [-0.05, 0) is 23.8 Å². The maximum absolute atomic E-state index is 13.7. The van der Waals surface area contributed by atoms with Gasteiger partial charge < -0.3 is 5.11 Å². The summed E-state index contributed by atoms with van der Waals surface area (Å²) in [5, 5.41) is 7.18. The fourth-order valence-electron chi connectivity index (χ4n) is 1.90. The van der Waals surface area contributed by atoms with Gasteiger partial charge in [-0.25, -0.2) is 17.2 Å². The molecule has 0 saturated carbocycles. The molecule has 0 aromatic heterocycles. The van der Waals surface area contributed by atoms with E-state index in [1.807, 2.05) is 0 Å². The van der Waals surface area contributed by atoms with Crippen LogP contribution in [0.1, 0.15) is 10.8 Å². The Morgan fingerprint density at radius 1 is 1.05 bits per heavy atom. The van der Waals surface area contributed by atoms with Gasteiger partial charge in [-0.2, -0.15) is 0 Å². The van der Waals surface area contributed by atoms with Crippen molar-refractivity contribution in [2.45, 2.75) is 10.1 Å². The molecule has 1 N–H and O–H groups in total. The average Bonchev–Trinajstić information content (AvgIpc) is 2.42. The topological polar surface area (TPSA) is 71.4 Å². The van der Waals surface area contributed by atoms with Crippen molar-refractivity contribution in [1.29, 1.82) is 0 Å². The van der Waals surface area contributed by atoms with Gasteiger partial charge in [0.2, 0.25) is 0 Å². The fraction of sp³-hybridized carbons (Fsp3) is 0.0714. The van der Waals surface area contributed by atoms with Crippen LogP contribution >= 0.6 is 0 Å². The Balaban J connectivity index is 2.64. The number of sulfone groups is 1. The molecule has 1 atom stereocenters. The first-order chi connectivity index (χ1) is 9.84. The smallest absolute Gasteiger partial charge is 0.326 e. The molecule has 110 valence electrons. The normalized spacial score (nSPS) is 12.9. The van der Waals surface area contributed by atoms with Gasteiger partial charge in [0, 0.05) is 0 Å². The van der Waals surface area contributed by atoms with E-state index < -0.39 is 37.6 Å². The summed E-state index contributed by atoms with van der Waals surface area (Å²) in [4.78, 5) is 10.3. The van der Waals surface area contributed by atoms with Gasteiger partial charge in [-0.15, -0.1) is 0 Å².